The van der Waals surface area contributed by atoms with Gasteiger partial charge in [0.2, 0.25) is 0 Å². The molecule has 0 fully saturated rings. The minimum atomic E-state index is -0.511. The van der Waals surface area contributed by atoms with Crippen LogP contribution in [-0.2, 0) is 11.3 Å². The van der Waals surface area contributed by atoms with Gasteiger partial charge < -0.3 is 9.72 Å². The zero-order valence-corrected chi connectivity index (χ0v) is 12.5. The molecule has 108 valence electrons. The van der Waals surface area contributed by atoms with Crippen molar-refractivity contribution in [2.75, 3.05) is 0 Å². The average Bonchev–Trinajstić information content (AvgIpc) is 2.69. The smallest absolute Gasteiger partial charge is 0.422 e. The van der Waals surface area contributed by atoms with Crippen LogP contribution >= 0.6 is 11.6 Å². The number of carbonyl (C=O) groups is 1. The first-order valence-electron chi connectivity index (χ1n) is 6.32. The third-order valence-corrected chi connectivity index (χ3v) is 2.83. The van der Waals surface area contributed by atoms with E-state index in [1.807, 2.05) is 45.2 Å². The molecule has 0 aliphatic heterocycles. The molecule has 2 rings (SSSR count). The van der Waals surface area contributed by atoms with Crippen molar-refractivity contribution in [3.63, 3.8) is 0 Å². The number of benzene rings is 1. The van der Waals surface area contributed by atoms with Crippen molar-refractivity contribution in [2.24, 2.45) is 0 Å². The van der Waals surface area contributed by atoms with Gasteiger partial charge in [0.1, 0.15) is 5.60 Å². The van der Waals surface area contributed by atoms with Crippen molar-refractivity contribution < 1.29 is 9.53 Å². The monoisotopic (exact) mass is 295 g/mol. The fourth-order valence-electron chi connectivity index (χ4n) is 1.82. The Hall–Kier alpha value is -1.72. The number of hydrogen-bond donors (Lipinski definition) is 3. The fraction of sp³-hybridized carbons (Fsp3) is 0.357. The maximum absolute atomic E-state index is 11.5. The summed E-state index contributed by atoms with van der Waals surface area (Å²) in [5, 5.41) is 1.75. The van der Waals surface area contributed by atoms with Crippen LogP contribution in [0.5, 0.6) is 0 Å². The van der Waals surface area contributed by atoms with Crippen LogP contribution in [0.25, 0.3) is 10.9 Å². The van der Waals surface area contributed by atoms with E-state index in [9.17, 15) is 4.79 Å². The summed E-state index contributed by atoms with van der Waals surface area (Å²) in [6, 6.07) is 5.64. The standard InChI is InChI=1S/C14H18ClN3O2/c1-14(2,3)20-13(19)18-17-8-9-7-16-12-6-10(15)4-5-11(9)12/h4-7,16-17H,8H2,1-3H3,(H,18,19). The van der Waals surface area contributed by atoms with E-state index in [1.165, 1.54) is 0 Å². The van der Waals surface area contributed by atoms with Gasteiger partial charge in [-0.05, 0) is 38.5 Å². The molecule has 0 bridgehead atoms. The Morgan fingerprint density at radius 3 is 2.85 bits per heavy atom. The summed E-state index contributed by atoms with van der Waals surface area (Å²) in [7, 11) is 0. The number of rotatable bonds is 3. The van der Waals surface area contributed by atoms with Crippen molar-refractivity contribution >= 4 is 28.6 Å². The average molecular weight is 296 g/mol. The van der Waals surface area contributed by atoms with Crippen molar-refractivity contribution in [1.82, 2.24) is 15.8 Å². The van der Waals surface area contributed by atoms with Gasteiger partial charge in [-0.3, -0.25) is 5.43 Å². The van der Waals surface area contributed by atoms with Crippen LogP contribution < -0.4 is 10.9 Å². The highest BCUT2D eigenvalue weighted by molar-refractivity contribution is 6.31. The molecule has 5 nitrogen and oxygen atoms in total. The van der Waals surface area contributed by atoms with Gasteiger partial charge in [-0.2, -0.15) is 0 Å². The Bertz CT molecular complexity index is 616. The minimum absolute atomic E-state index is 0.487. The Morgan fingerprint density at radius 2 is 2.15 bits per heavy atom. The largest absolute Gasteiger partial charge is 0.443 e. The van der Waals surface area contributed by atoms with Crippen LogP contribution in [0.2, 0.25) is 5.02 Å². The number of ether oxygens (including phenoxy) is 1. The lowest BCUT2D eigenvalue weighted by Crippen LogP contribution is -2.40. The van der Waals surface area contributed by atoms with Crippen molar-refractivity contribution in [2.45, 2.75) is 32.9 Å². The van der Waals surface area contributed by atoms with Crippen LogP contribution in [0.4, 0.5) is 4.79 Å². The van der Waals surface area contributed by atoms with E-state index >= 15 is 0 Å². The quantitative estimate of drug-likeness (QED) is 0.761. The van der Waals surface area contributed by atoms with Gasteiger partial charge in [0, 0.05) is 28.7 Å². The van der Waals surface area contributed by atoms with Gasteiger partial charge in [0.15, 0.2) is 0 Å². The molecule has 1 amide bonds. The number of aromatic amines is 1. The van der Waals surface area contributed by atoms with Gasteiger partial charge in [0.05, 0.1) is 0 Å². The summed E-state index contributed by atoms with van der Waals surface area (Å²) < 4.78 is 5.12. The Labute approximate surface area is 122 Å². The molecule has 1 heterocycles. The number of amides is 1. The lowest BCUT2D eigenvalue weighted by molar-refractivity contribution is 0.0497. The van der Waals surface area contributed by atoms with E-state index < -0.39 is 11.7 Å². The first-order valence-corrected chi connectivity index (χ1v) is 6.70. The number of fused-ring (bicyclic) bond motifs is 1. The molecule has 0 saturated carbocycles. The van der Waals surface area contributed by atoms with Crippen LogP contribution in [-0.4, -0.2) is 16.7 Å². The predicted molar refractivity (Wildman–Crippen MR) is 79.5 cm³/mol. The summed E-state index contributed by atoms with van der Waals surface area (Å²) in [5.41, 5.74) is 6.83. The van der Waals surface area contributed by atoms with Crippen molar-refractivity contribution in [1.29, 1.82) is 0 Å². The van der Waals surface area contributed by atoms with Gasteiger partial charge in [-0.15, -0.1) is 0 Å². The molecule has 0 aliphatic carbocycles. The van der Waals surface area contributed by atoms with Gasteiger partial charge >= 0.3 is 6.09 Å². The lowest BCUT2D eigenvalue weighted by Gasteiger charge is -2.19. The molecule has 0 unspecified atom stereocenters. The van der Waals surface area contributed by atoms with E-state index in [0.29, 0.717) is 11.6 Å². The van der Waals surface area contributed by atoms with E-state index in [0.717, 1.165) is 16.5 Å². The fourth-order valence-corrected chi connectivity index (χ4v) is 1.99. The number of halogens is 1. The van der Waals surface area contributed by atoms with E-state index in [4.69, 9.17) is 16.3 Å². The number of hydrogen-bond acceptors (Lipinski definition) is 3. The van der Waals surface area contributed by atoms with E-state index in [-0.39, 0.29) is 0 Å². The third kappa shape index (κ3) is 3.88. The predicted octanol–water partition coefficient (Wildman–Crippen LogP) is 3.35. The first-order chi connectivity index (χ1) is 9.35. The van der Waals surface area contributed by atoms with Gasteiger partial charge in [-0.25, -0.2) is 10.2 Å². The zero-order valence-electron chi connectivity index (χ0n) is 11.7. The summed E-state index contributed by atoms with van der Waals surface area (Å²) in [4.78, 5) is 14.6. The first kappa shape index (κ1) is 14.7. The van der Waals surface area contributed by atoms with Crippen LogP contribution in [0.1, 0.15) is 26.3 Å². The molecular formula is C14H18ClN3O2. The molecule has 0 saturated heterocycles. The number of carbonyl (C=O) groups excluding carboxylic acids is 1. The highest BCUT2D eigenvalue weighted by Gasteiger charge is 2.15. The van der Waals surface area contributed by atoms with Crippen molar-refractivity contribution in [3.8, 4) is 0 Å². The molecule has 0 aliphatic rings. The number of nitrogens with one attached hydrogen (secondary N) is 3. The summed E-state index contributed by atoms with van der Waals surface area (Å²) in [5.74, 6) is 0. The Morgan fingerprint density at radius 1 is 1.40 bits per heavy atom. The highest BCUT2D eigenvalue weighted by Crippen LogP contribution is 2.21. The number of hydrazine groups is 1. The molecule has 0 radical (unpaired) electrons. The van der Waals surface area contributed by atoms with Gasteiger partial charge in [-0.1, -0.05) is 17.7 Å². The van der Waals surface area contributed by atoms with E-state index in [1.54, 1.807) is 0 Å². The normalized spacial score (nSPS) is 11.6. The second-order valence-electron chi connectivity index (χ2n) is 5.48. The molecule has 2 aromatic rings. The topological polar surface area (TPSA) is 66.2 Å². The molecule has 3 N–H and O–H groups in total. The molecular weight excluding hydrogens is 278 g/mol. The molecule has 20 heavy (non-hydrogen) atoms. The Kier molecular flexibility index (Phi) is 4.20. The third-order valence-electron chi connectivity index (χ3n) is 2.60. The van der Waals surface area contributed by atoms with Crippen LogP contribution in [0, 0.1) is 0 Å². The second kappa shape index (κ2) is 5.73. The summed E-state index contributed by atoms with van der Waals surface area (Å²) in [6.07, 6.45) is 1.38. The van der Waals surface area contributed by atoms with Crippen LogP contribution in [0.3, 0.4) is 0 Å². The molecule has 1 aromatic carbocycles. The van der Waals surface area contributed by atoms with Crippen molar-refractivity contribution in [3.05, 3.63) is 35.0 Å². The van der Waals surface area contributed by atoms with Crippen LogP contribution in [0.15, 0.2) is 24.4 Å². The Balaban J connectivity index is 1.92. The molecule has 6 heteroatoms. The van der Waals surface area contributed by atoms with E-state index in [2.05, 4.69) is 15.8 Å². The molecule has 0 atom stereocenters. The summed E-state index contributed by atoms with van der Waals surface area (Å²) >= 11 is 5.93. The maximum Gasteiger partial charge on any atom is 0.422 e. The zero-order chi connectivity index (χ0) is 14.8. The maximum atomic E-state index is 11.5. The number of H-pyrrole nitrogens is 1. The SMILES string of the molecule is CC(C)(C)OC(=O)NNCc1c[nH]c2cc(Cl)ccc12. The summed E-state index contributed by atoms with van der Waals surface area (Å²) in [6.45, 7) is 5.93. The second-order valence-corrected chi connectivity index (χ2v) is 5.92. The molecule has 1 aromatic heterocycles. The molecule has 0 spiro atoms. The minimum Gasteiger partial charge on any atom is -0.443 e. The van der Waals surface area contributed by atoms with Gasteiger partial charge in [0.25, 0.3) is 0 Å². The number of aromatic nitrogens is 1. The lowest BCUT2D eigenvalue weighted by atomic mass is 10.2. The highest BCUT2D eigenvalue weighted by atomic mass is 35.5.